The number of benzene rings is 1. The highest BCUT2D eigenvalue weighted by Gasteiger charge is 2.21. The van der Waals surface area contributed by atoms with Crippen LogP contribution in [0.4, 0.5) is 0 Å². The van der Waals surface area contributed by atoms with Crippen LogP contribution < -0.4 is 4.57 Å². The highest BCUT2D eigenvalue weighted by atomic mass is 16.5. The van der Waals surface area contributed by atoms with Gasteiger partial charge in [-0.05, 0) is 17.5 Å². The number of aryl methyl sites for hydroxylation is 2. The van der Waals surface area contributed by atoms with Crippen molar-refractivity contribution < 1.29 is 9.30 Å². The van der Waals surface area contributed by atoms with Gasteiger partial charge in [0.05, 0.1) is 27.2 Å². The Morgan fingerprint density at radius 2 is 2.09 bits per heavy atom. The van der Waals surface area contributed by atoms with E-state index in [9.17, 15) is 0 Å². The van der Waals surface area contributed by atoms with Crippen LogP contribution in [0.5, 0.6) is 0 Å². The molecule has 2 rings (SSSR count). The van der Waals surface area contributed by atoms with E-state index < -0.39 is 0 Å². The average Bonchev–Trinajstić information content (AvgIpc) is 2.95. The molecular weight excluding hydrogens is 286 g/mol. The number of aromatic nitrogens is 2. The molecule has 0 atom stereocenters. The molecule has 1 aromatic heterocycles. The molecule has 0 aliphatic carbocycles. The van der Waals surface area contributed by atoms with Crippen LogP contribution in [0.1, 0.15) is 36.7 Å². The van der Waals surface area contributed by atoms with E-state index in [1.54, 1.807) is 7.11 Å². The number of hydrogen-bond donors (Lipinski definition) is 0. The third-order valence-electron chi connectivity index (χ3n) is 3.83. The van der Waals surface area contributed by atoms with Crippen LogP contribution in [0.3, 0.4) is 0 Å². The van der Waals surface area contributed by atoms with Gasteiger partial charge in [0.25, 0.3) is 0 Å². The lowest BCUT2D eigenvalue weighted by atomic mass is 10.1. The maximum atomic E-state index is 5.55. The predicted octanol–water partition coefficient (Wildman–Crippen LogP) is 3.35. The summed E-state index contributed by atoms with van der Waals surface area (Å²) in [4.78, 5) is 4.67. The Balaban J connectivity index is 2.20. The van der Waals surface area contributed by atoms with Gasteiger partial charge >= 0.3 is 11.7 Å². The molecule has 0 saturated carbocycles. The molecular formula is C19H26N3O+. The predicted molar refractivity (Wildman–Crippen MR) is 94.3 cm³/mol. The lowest BCUT2D eigenvalue weighted by Crippen LogP contribution is -2.36. The fraction of sp³-hybridized carbons (Fsp3) is 0.368. The molecule has 0 bridgehead atoms. The molecule has 122 valence electrons. The highest BCUT2D eigenvalue weighted by Crippen LogP contribution is 2.08. The van der Waals surface area contributed by atoms with Gasteiger partial charge < -0.3 is 4.74 Å². The summed E-state index contributed by atoms with van der Waals surface area (Å²) in [6.45, 7) is 7.54. The third kappa shape index (κ3) is 4.31. The molecule has 0 unspecified atom stereocenters. The average molecular weight is 312 g/mol. The zero-order valence-corrected chi connectivity index (χ0v) is 14.3. The number of rotatable bonds is 7. The molecule has 0 aliphatic heterocycles. The lowest BCUT2D eigenvalue weighted by molar-refractivity contribution is -0.672. The number of ether oxygens (including phenoxy) is 1. The van der Waals surface area contributed by atoms with E-state index in [0.29, 0.717) is 12.4 Å². The van der Waals surface area contributed by atoms with Crippen molar-refractivity contribution in [2.75, 3.05) is 7.11 Å². The van der Waals surface area contributed by atoms with Gasteiger partial charge in [0, 0.05) is 0 Å². The van der Waals surface area contributed by atoms with Gasteiger partial charge in [-0.2, -0.15) is 0 Å². The van der Waals surface area contributed by atoms with Crippen molar-refractivity contribution in [2.45, 2.75) is 32.9 Å². The van der Waals surface area contributed by atoms with Crippen LogP contribution in [0.25, 0.3) is 6.08 Å². The summed E-state index contributed by atoms with van der Waals surface area (Å²) in [5, 5.41) is 0. The van der Waals surface area contributed by atoms with E-state index >= 15 is 0 Å². The zero-order valence-electron chi connectivity index (χ0n) is 14.3. The lowest BCUT2D eigenvalue weighted by Gasteiger charge is -2.05. The van der Waals surface area contributed by atoms with Crippen molar-refractivity contribution in [1.82, 2.24) is 4.57 Å². The van der Waals surface area contributed by atoms with Gasteiger partial charge in [-0.3, -0.25) is 0 Å². The normalized spacial score (nSPS) is 11.5. The molecule has 2 aromatic rings. The van der Waals surface area contributed by atoms with E-state index in [0.717, 1.165) is 36.3 Å². The minimum Gasteiger partial charge on any atom is -0.475 e. The first-order valence-electron chi connectivity index (χ1n) is 8.04. The van der Waals surface area contributed by atoms with Crippen LogP contribution in [-0.2, 0) is 24.9 Å². The smallest absolute Gasteiger partial charge is 0.344 e. The first-order valence-corrected chi connectivity index (χ1v) is 8.04. The van der Waals surface area contributed by atoms with E-state index in [1.165, 1.54) is 0 Å². The van der Waals surface area contributed by atoms with Crippen molar-refractivity contribution in [2.24, 2.45) is 12.0 Å². The standard InChI is InChI=1S/C19H26N3O/c1-5-7-12-22-14-13-21(3)19(22)18(23-4)20-15-17-10-8-16(6-2)9-11-17/h6,8-11,13-14H,2,5,7,12,15H2,1,3-4H3/q+1. The molecule has 0 spiro atoms. The molecule has 0 fully saturated rings. The Hall–Kier alpha value is -2.36. The maximum absolute atomic E-state index is 5.55. The SMILES string of the molecule is C=Cc1ccc(CN=C(OC)c2n(CCCC)cc[n+]2C)cc1. The van der Waals surface area contributed by atoms with E-state index in [1.807, 2.05) is 31.5 Å². The van der Waals surface area contributed by atoms with Crippen molar-refractivity contribution >= 4 is 12.0 Å². The van der Waals surface area contributed by atoms with Crippen LogP contribution in [0, 0.1) is 0 Å². The maximum Gasteiger partial charge on any atom is 0.344 e. The summed E-state index contributed by atoms with van der Waals surface area (Å²) in [7, 11) is 3.70. The Kier molecular flexibility index (Phi) is 6.15. The minimum atomic E-state index is 0.597. The monoisotopic (exact) mass is 312 g/mol. The Morgan fingerprint density at radius 1 is 1.35 bits per heavy atom. The summed E-state index contributed by atoms with van der Waals surface area (Å²) in [5.74, 6) is 1.67. The number of unbranched alkanes of at least 4 members (excludes halogenated alkanes) is 1. The molecule has 4 nitrogen and oxygen atoms in total. The van der Waals surface area contributed by atoms with Crippen LogP contribution >= 0.6 is 0 Å². The molecule has 0 amide bonds. The number of aliphatic imine (C=N–C) groups is 1. The molecule has 0 radical (unpaired) electrons. The highest BCUT2D eigenvalue weighted by molar-refractivity contribution is 5.89. The molecule has 0 saturated heterocycles. The minimum absolute atomic E-state index is 0.597. The van der Waals surface area contributed by atoms with Gasteiger partial charge in [0.15, 0.2) is 0 Å². The summed E-state index contributed by atoms with van der Waals surface area (Å²) in [6.07, 6.45) is 8.27. The zero-order chi connectivity index (χ0) is 16.7. The fourth-order valence-corrected chi connectivity index (χ4v) is 2.46. The first-order chi connectivity index (χ1) is 11.2. The summed E-state index contributed by atoms with van der Waals surface area (Å²) in [5.41, 5.74) is 2.27. The summed E-state index contributed by atoms with van der Waals surface area (Å²) in [6, 6.07) is 8.25. The van der Waals surface area contributed by atoms with Crippen LogP contribution in [-0.4, -0.2) is 17.6 Å². The molecule has 0 aliphatic rings. The van der Waals surface area contributed by atoms with E-state index in [4.69, 9.17) is 4.74 Å². The van der Waals surface area contributed by atoms with Crippen LogP contribution in [0.2, 0.25) is 0 Å². The second-order valence-electron chi connectivity index (χ2n) is 5.55. The van der Waals surface area contributed by atoms with Crippen LogP contribution in [0.15, 0.2) is 48.2 Å². The topological polar surface area (TPSA) is 30.4 Å². The van der Waals surface area contributed by atoms with Crippen molar-refractivity contribution in [3.63, 3.8) is 0 Å². The van der Waals surface area contributed by atoms with E-state index in [-0.39, 0.29) is 0 Å². The summed E-state index contributed by atoms with van der Waals surface area (Å²) < 4.78 is 9.81. The summed E-state index contributed by atoms with van der Waals surface area (Å²) >= 11 is 0. The van der Waals surface area contributed by atoms with Gasteiger partial charge in [-0.15, -0.1) is 0 Å². The Labute approximate surface area is 138 Å². The number of imidazole rings is 1. The molecule has 23 heavy (non-hydrogen) atoms. The first kappa shape index (κ1) is 17.0. The number of hydrogen-bond acceptors (Lipinski definition) is 2. The quantitative estimate of drug-likeness (QED) is 0.438. The number of methoxy groups -OCH3 is 1. The largest absolute Gasteiger partial charge is 0.475 e. The second-order valence-corrected chi connectivity index (χ2v) is 5.55. The van der Waals surface area contributed by atoms with Gasteiger partial charge in [-0.1, -0.05) is 50.3 Å². The Bertz CT molecular complexity index is 668. The fourth-order valence-electron chi connectivity index (χ4n) is 2.46. The van der Waals surface area contributed by atoms with Gasteiger partial charge in [0.2, 0.25) is 0 Å². The Morgan fingerprint density at radius 3 is 2.70 bits per heavy atom. The molecule has 4 heteroatoms. The van der Waals surface area contributed by atoms with Crippen molar-refractivity contribution in [3.8, 4) is 0 Å². The van der Waals surface area contributed by atoms with Gasteiger partial charge in [0.1, 0.15) is 12.4 Å². The molecule has 0 N–H and O–H groups in total. The van der Waals surface area contributed by atoms with E-state index in [2.05, 4.69) is 46.0 Å². The second kappa shape index (κ2) is 8.32. The number of nitrogens with zero attached hydrogens (tertiary/aromatic N) is 3. The van der Waals surface area contributed by atoms with Crippen molar-refractivity contribution in [1.29, 1.82) is 0 Å². The van der Waals surface area contributed by atoms with Crippen molar-refractivity contribution in [3.05, 3.63) is 60.2 Å². The third-order valence-corrected chi connectivity index (χ3v) is 3.83. The molecule has 1 heterocycles. The molecule has 1 aromatic carbocycles. The van der Waals surface area contributed by atoms with Gasteiger partial charge in [-0.25, -0.2) is 14.1 Å².